The third kappa shape index (κ3) is 4.65. The first kappa shape index (κ1) is 28.4. The van der Waals surface area contributed by atoms with E-state index in [2.05, 4.69) is 176 Å². The zero-order valence-corrected chi connectivity index (χ0v) is 27.2. The molecule has 50 heavy (non-hydrogen) atoms. The molecule has 2 nitrogen and oxygen atoms in total. The first-order valence-electron chi connectivity index (χ1n) is 17.1. The van der Waals surface area contributed by atoms with Crippen LogP contribution >= 0.6 is 0 Å². The molecule has 0 amide bonds. The summed E-state index contributed by atoms with van der Waals surface area (Å²) in [5, 5.41) is 12.4. The van der Waals surface area contributed by atoms with E-state index in [4.69, 9.17) is 9.97 Å². The molecule has 1 heterocycles. The van der Waals surface area contributed by atoms with Gasteiger partial charge in [0, 0.05) is 16.7 Å². The second-order valence-electron chi connectivity index (χ2n) is 13.0. The van der Waals surface area contributed by atoms with Gasteiger partial charge >= 0.3 is 0 Å². The van der Waals surface area contributed by atoms with Crippen LogP contribution < -0.4 is 0 Å². The van der Waals surface area contributed by atoms with Crippen molar-refractivity contribution in [2.45, 2.75) is 0 Å². The lowest BCUT2D eigenvalue weighted by Gasteiger charge is -2.15. The average molecular weight is 635 g/mol. The van der Waals surface area contributed by atoms with Crippen LogP contribution in [0.4, 0.5) is 0 Å². The lowest BCUT2D eigenvalue weighted by Crippen LogP contribution is -1.97. The summed E-state index contributed by atoms with van der Waals surface area (Å²) in [5.41, 5.74) is 7.38. The molecule has 2 heteroatoms. The minimum absolute atomic E-state index is 0.707. The fourth-order valence-corrected chi connectivity index (χ4v) is 7.66. The zero-order chi connectivity index (χ0) is 33.0. The molecule has 0 saturated heterocycles. The van der Waals surface area contributed by atoms with Gasteiger partial charge in [0.2, 0.25) is 0 Å². The Balaban J connectivity index is 1.17. The molecule has 0 spiro atoms. The maximum absolute atomic E-state index is 5.28. The smallest absolute Gasteiger partial charge is 0.160 e. The molecule has 0 aliphatic carbocycles. The van der Waals surface area contributed by atoms with Gasteiger partial charge in [-0.1, -0.05) is 170 Å². The molecule has 0 atom stereocenters. The van der Waals surface area contributed by atoms with Crippen molar-refractivity contribution in [3.63, 3.8) is 0 Å². The molecule has 0 fully saturated rings. The van der Waals surface area contributed by atoms with Crippen LogP contribution in [0.2, 0.25) is 0 Å². The Kier molecular flexibility index (Phi) is 6.53. The third-order valence-electron chi connectivity index (χ3n) is 10.0. The molecular formula is C48H30N2. The molecule has 232 valence electrons. The Hall–Kier alpha value is -6.64. The number of nitrogens with zero attached hydrogens (tertiary/aromatic N) is 2. The Morgan fingerprint density at radius 2 is 0.900 bits per heavy atom. The summed E-state index contributed by atoms with van der Waals surface area (Å²) in [6.45, 7) is 0. The Labute approximate surface area is 290 Å². The number of hydrogen-bond donors (Lipinski definition) is 0. The van der Waals surface area contributed by atoms with E-state index < -0.39 is 0 Å². The van der Waals surface area contributed by atoms with Crippen molar-refractivity contribution in [1.29, 1.82) is 0 Å². The second-order valence-corrected chi connectivity index (χ2v) is 13.0. The first-order chi connectivity index (χ1) is 24.8. The number of benzene rings is 9. The molecule has 0 unspecified atom stereocenters. The van der Waals surface area contributed by atoms with Gasteiger partial charge in [0.15, 0.2) is 5.82 Å². The van der Waals surface area contributed by atoms with E-state index >= 15 is 0 Å². The van der Waals surface area contributed by atoms with E-state index in [1.54, 1.807) is 0 Å². The first-order valence-corrected chi connectivity index (χ1v) is 17.1. The van der Waals surface area contributed by atoms with Crippen LogP contribution in [0.3, 0.4) is 0 Å². The van der Waals surface area contributed by atoms with Gasteiger partial charge < -0.3 is 0 Å². The van der Waals surface area contributed by atoms with Crippen molar-refractivity contribution in [3.8, 4) is 45.0 Å². The summed E-state index contributed by atoms with van der Waals surface area (Å²) in [6, 6.07) is 65.1. The van der Waals surface area contributed by atoms with Crippen molar-refractivity contribution < 1.29 is 0 Å². The lowest BCUT2D eigenvalue weighted by atomic mass is 9.89. The molecule has 0 aliphatic heterocycles. The van der Waals surface area contributed by atoms with E-state index in [0.717, 1.165) is 28.1 Å². The van der Waals surface area contributed by atoms with Crippen molar-refractivity contribution in [1.82, 2.24) is 9.97 Å². The summed E-state index contributed by atoms with van der Waals surface area (Å²) in [5.74, 6) is 0.707. The highest BCUT2D eigenvalue weighted by Crippen LogP contribution is 2.40. The van der Waals surface area contributed by atoms with Gasteiger partial charge in [-0.3, -0.25) is 0 Å². The minimum Gasteiger partial charge on any atom is -0.228 e. The van der Waals surface area contributed by atoms with Crippen molar-refractivity contribution in [2.75, 3.05) is 0 Å². The predicted molar refractivity (Wildman–Crippen MR) is 211 cm³/mol. The van der Waals surface area contributed by atoms with Crippen LogP contribution in [0, 0.1) is 0 Å². The molecule has 0 N–H and O–H groups in total. The largest absolute Gasteiger partial charge is 0.228 e. The number of rotatable bonds is 4. The highest BCUT2D eigenvalue weighted by Gasteiger charge is 2.16. The van der Waals surface area contributed by atoms with Crippen LogP contribution in [0.5, 0.6) is 0 Å². The van der Waals surface area contributed by atoms with E-state index in [1.165, 1.54) is 65.0 Å². The molecule has 0 aliphatic rings. The number of fused-ring (bicyclic) bond motifs is 7. The highest BCUT2D eigenvalue weighted by molar-refractivity contribution is 6.20. The maximum atomic E-state index is 5.28. The van der Waals surface area contributed by atoms with Crippen molar-refractivity contribution in [3.05, 3.63) is 182 Å². The summed E-state index contributed by atoms with van der Waals surface area (Å²) >= 11 is 0. The number of hydrogen-bond acceptors (Lipinski definition) is 2. The zero-order valence-electron chi connectivity index (χ0n) is 27.2. The van der Waals surface area contributed by atoms with Crippen molar-refractivity contribution >= 4 is 53.9 Å². The topological polar surface area (TPSA) is 25.8 Å². The predicted octanol–water partition coefficient (Wildman–Crippen LogP) is 12.9. The normalized spacial score (nSPS) is 11.6. The SMILES string of the molecule is c1ccc(-c2cc(-c3cccc4ccc5ccccc5c34)nc(-c3ccc(-c4c5ccccc5cc5c4ccc4ccccc45)cc3)n2)cc1. The molecule has 9 aromatic carbocycles. The molecule has 0 bridgehead atoms. The van der Waals surface area contributed by atoms with Crippen LogP contribution in [0.1, 0.15) is 0 Å². The van der Waals surface area contributed by atoms with Crippen LogP contribution in [-0.2, 0) is 0 Å². The van der Waals surface area contributed by atoms with Gasteiger partial charge in [-0.25, -0.2) is 9.97 Å². The standard InChI is InChI=1S/C48H30N2/c1-2-13-33(14-3-1)44-30-45(42-20-10-16-34-22-21-32-12-5-8-18-39(32)47(34)42)50-48(49-44)36-25-23-35(24-26-36)46-40-19-9-6-15-37(40)29-43-38-17-7-4-11-31(38)27-28-41(43)46/h1-30H. The molecule has 1 aromatic heterocycles. The van der Waals surface area contributed by atoms with Gasteiger partial charge in [-0.2, -0.15) is 0 Å². The van der Waals surface area contributed by atoms with E-state index in [0.29, 0.717) is 5.82 Å². The molecule has 0 saturated carbocycles. The van der Waals surface area contributed by atoms with E-state index in [9.17, 15) is 0 Å². The van der Waals surface area contributed by atoms with Gasteiger partial charge in [0.25, 0.3) is 0 Å². The quantitative estimate of drug-likeness (QED) is 0.142. The summed E-state index contributed by atoms with van der Waals surface area (Å²) in [4.78, 5) is 10.4. The minimum atomic E-state index is 0.707. The van der Waals surface area contributed by atoms with Gasteiger partial charge in [0.1, 0.15) is 0 Å². The Bertz CT molecular complexity index is 2910. The highest BCUT2D eigenvalue weighted by atomic mass is 14.9. The summed E-state index contributed by atoms with van der Waals surface area (Å²) in [7, 11) is 0. The van der Waals surface area contributed by atoms with Gasteiger partial charge in [0.05, 0.1) is 11.4 Å². The molecule has 10 aromatic rings. The van der Waals surface area contributed by atoms with Crippen molar-refractivity contribution in [2.24, 2.45) is 0 Å². The third-order valence-corrected chi connectivity index (χ3v) is 10.0. The average Bonchev–Trinajstić information content (AvgIpc) is 3.20. The second kappa shape index (κ2) is 11.5. The summed E-state index contributed by atoms with van der Waals surface area (Å²) < 4.78 is 0. The fourth-order valence-electron chi connectivity index (χ4n) is 7.66. The van der Waals surface area contributed by atoms with Crippen LogP contribution in [0.15, 0.2) is 182 Å². The molecular weight excluding hydrogens is 605 g/mol. The molecule has 0 radical (unpaired) electrons. The monoisotopic (exact) mass is 634 g/mol. The van der Waals surface area contributed by atoms with Crippen LogP contribution in [0.25, 0.3) is 98.9 Å². The van der Waals surface area contributed by atoms with Crippen LogP contribution in [-0.4, -0.2) is 9.97 Å². The van der Waals surface area contributed by atoms with Gasteiger partial charge in [-0.05, 0) is 77.1 Å². The lowest BCUT2D eigenvalue weighted by molar-refractivity contribution is 1.19. The molecule has 10 rings (SSSR count). The van der Waals surface area contributed by atoms with Gasteiger partial charge in [-0.15, -0.1) is 0 Å². The van der Waals surface area contributed by atoms with E-state index in [-0.39, 0.29) is 0 Å². The van der Waals surface area contributed by atoms with E-state index in [1.807, 2.05) is 6.07 Å². The fraction of sp³-hybridized carbons (Fsp3) is 0. The Morgan fingerprint density at radius 3 is 1.72 bits per heavy atom. The maximum Gasteiger partial charge on any atom is 0.160 e. The number of aromatic nitrogens is 2. The summed E-state index contributed by atoms with van der Waals surface area (Å²) in [6.07, 6.45) is 0. The Morgan fingerprint density at radius 1 is 0.300 bits per heavy atom.